The van der Waals surface area contributed by atoms with Crippen molar-refractivity contribution in [3.63, 3.8) is 0 Å². The van der Waals surface area contributed by atoms with E-state index >= 15 is 0 Å². The predicted molar refractivity (Wildman–Crippen MR) is 247 cm³/mol. The number of hydrogen-bond donors (Lipinski definition) is 3. The quantitative estimate of drug-likeness (QED) is 0.0921. The summed E-state index contributed by atoms with van der Waals surface area (Å²) in [5.74, 6) is 31.4. The summed E-state index contributed by atoms with van der Waals surface area (Å²) in [4.78, 5) is 62.6. The van der Waals surface area contributed by atoms with Gasteiger partial charge in [0.15, 0.2) is 0 Å². The number of Topliss-reactive ketones (excluding diaryl/α,β-unsaturated/α-hetero) is 1. The predicted octanol–water partition coefficient (Wildman–Crippen LogP) is 8.84. The van der Waals surface area contributed by atoms with Crippen molar-refractivity contribution >= 4 is 29.7 Å². The van der Waals surface area contributed by atoms with Gasteiger partial charge in [-0.2, -0.15) is 0 Å². The normalized spacial score (nSPS) is 11.3. The van der Waals surface area contributed by atoms with Crippen molar-refractivity contribution in [3.8, 4) is 94.0 Å². The van der Waals surface area contributed by atoms with Crippen LogP contribution < -0.4 is 10.6 Å². The number of fused-ring (bicyclic) bond motifs is 3. The lowest BCUT2D eigenvalue weighted by atomic mass is 9.98. The molecule has 1 aliphatic carbocycles. The van der Waals surface area contributed by atoms with E-state index in [0.29, 0.717) is 19.3 Å². The Kier molecular flexibility index (Phi) is 18.2. The van der Waals surface area contributed by atoms with Gasteiger partial charge in [-0.3, -0.25) is 9.59 Å². The number of esters is 1. The highest BCUT2D eigenvalue weighted by Gasteiger charge is 2.30. The van der Waals surface area contributed by atoms with Crippen molar-refractivity contribution in [1.29, 1.82) is 0 Å². The lowest BCUT2D eigenvalue weighted by Gasteiger charge is -2.24. The van der Waals surface area contributed by atoms with Crippen LogP contribution in [-0.4, -0.2) is 59.1 Å². The molecule has 0 aromatic heterocycles. The Labute approximate surface area is 356 Å². The summed E-state index contributed by atoms with van der Waals surface area (Å²) < 4.78 is 10.9. The fourth-order valence-corrected chi connectivity index (χ4v) is 5.60. The lowest BCUT2D eigenvalue weighted by Crippen LogP contribution is -2.44. The third kappa shape index (κ3) is 16.3. The molecule has 2 amide bonds. The van der Waals surface area contributed by atoms with Crippen molar-refractivity contribution in [2.24, 2.45) is 0 Å². The van der Waals surface area contributed by atoms with Gasteiger partial charge in [0.2, 0.25) is 0 Å². The molecule has 318 valence electrons. The Morgan fingerprint density at radius 2 is 1.25 bits per heavy atom. The minimum Gasteiger partial charge on any atom is -0.480 e. The molecule has 0 spiro atoms. The number of ether oxygens (including phenoxy) is 2. The maximum Gasteiger partial charge on any atom is 0.407 e. The molecule has 0 bridgehead atoms. The zero-order chi connectivity index (χ0) is 41.5. The van der Waals surface area contributed by atoms with Gasteiger partial charge in [-0.15, -0.1) is 0 Å². The second-order valence-corrected chi connectivity index (χ2v) is 13.5. The van der Waals surface area contributed by atoms with Crippen LogP contribution in [0.5, 0.6) is 0 Å². The number of rotatable bonds is 15. The summed E-state index contributed by atoms with van der Waals surface area (Å²) in [7, 11) is 0. The monoisotopic (exact) mass is 793 g/mol. The van der Waals surface area contributed by atoms with Crippen LogP contribution in [0.15, 0.2) is 48.5 Å². The van der Waals surface area contributed by atoms with Crippen LogP contribution in [0.25, 0.3) is 11.1 Å². The summed E-state index contributed by atoms with van der Waals surface area (Å²) in [5.41, 5.74) is 3.43. The van der Waals surface area contributed by atoms with E-state index in [0.717, 1.165) is 22.3 Å². The maximum atomic E-state index is 12.8. The summed E-state index contributed by atoms with van der Waals surface area (Å²) >= 11 is 0. The first-order valence-electron chi connectivity index (χ1n) is 18.2. The van der Waals surface area contributed by atoms with E-state index in [-0.39, 0.29) is 65.4 Å². The third-order valence-corrected chi connectivity index (χ3v) is 8.08. The van der Waals surface area contributed by atoms with Gasteiger partial charge in [0.25, 0.3) is 5.91 Å². The molecule has 3 rings (SSSR count). The van der Waals surface area contributed by atoms with Crippen LogP contribution in [-0.2, 0) is 28.7 Å². The third-order valence-electron chi connectivity index (χ3n) is 8.08. The number of hydrogen-bond acceptors (Lipinski definition) is 7. The molecule has 0 aliphatic heterocycles. The van der Waals surface area contributed by atoms with Crippen molar-refractivity contribution in [1.82, 2.24) is 10.6 Å². The minimum atomic E-state index is -1.19. The van der Waals surface area contributed by atoms with Gasteiger partial charge in [0, 0.05) is 46.1 Å². The Hall–Kier alpha value is -7.29. The molecule has 57 heavy (non-hydrogen) atoms. The standard InChI is InChI=1S/C47H42N2O8.15H2/c1-5-6-7-8-9-10-11-12-13-14-15-16-20-31-43(51)48-42(45(54)57-47(2,3)4)33-32-35(50)25-18-17-19-30-41(44(52)53)49-46(55)56-34-40-38-28-23-21-26-36(38)37-27-22-24-29-39(37)40;;;;;;;;;;;;;;;/h21-24,26-29,40-42H,17-19,25,30,32-34H2,1-4H3,(H,48,51)(H,49,55)(H,52,53);15*1H/t41-,42+;;;;;;;;;;;;;;;/m1.............../s1. The van der Waals surface area contributed by atoms with E-state index in [9.17, 15) is 29.1 Å². The van der Waals surface area contributed by atoms with Crippen LogP contribution in [0.1, 0.15) is 111 Å². The van der Waals surface area contributed by atoms with Gasteiger partial charge in [-0.25, -0.2) is 14.4 Å². The Bertz CT molecular complexity index is 2300. The first kappa shape index (κ1) is 44.1. The number of benzene rings is 2. The lowest BCUT2D eigenvalue weighted by molar-refractivity contribution is -0.158. The molecule has 0 unspecified atom stereocenters. The average molecular weight is 793 g/mol. The molecular weight excluding hydrogens is 721 g/mol. The van der Waals surface area contributed by atoms with Gasteiger partial charge in [0.1, 0.15) is 30.1 Å². The molecule has 3 N–H and O–H groups in total. The molecule has 0 saturated heterocycles. The summed E-state index contributed by atoms with van der Waals surface area (Å²) in [6.45, 7) is 6.77. The number of ketones is 1. The van der Waals surface area contributed by atoms with Crippen LogP contribution in [0.4, 0.5) is 4.79 Å². The van der Waals surface area contributed by atoms with E-state index in [1.165, 1.54) is 0 Å². The van der Waals surface area contributed by atoms with Crippen LogP contribution in [0, 0.1) is 82.9 Å². The number of carbonyl (C=O) groups excluding carboxylic acids is 4. The fourth-order valence-electron chi connectivity index (χ4n) is 5.60. The molecular formula is C47H72N2O8. The zero-order valence-corrected chi connectivity index (χ0v) is 32.3. The van der Waals surface area contributed by atoms with E-state index < -0.39 is 41.6 Å². The van der Waals surface area contributed by atoms with E-state index in [1.54, 1.807) is 27.7 Å². The highest BCUT2D eigenvalue weighted by atomic mass is 16.6. The van der Waals surface area contributed by atoms with Crippen LogP contribution >= 0.6 is 0 Å². The molecule has 10 heteroatoms. The zero-order valence-electron chi connectivity index (χ0n) is 32.3. The highest BCUT2D eigenvalue weighted by molar-refractivity contribution is 5.97. The topological polar surface area (TPSA) is 148 Å². The van der Waals surface area contributed by atoms with Crippen molar-refractivity contribution in [3.05, 3.63) is 59.7 Å². The van der Waals surface area contributed by atoms with Crippen molar-refractivity contribution in [2.45, 2.75) is 96.2 Å². The van der Waals surface area contributed by atoms with E-state index in [4.69, 9.17) is 9.47 Å². The minimum absolute atomic E-state index is 0. The smallest absolute Gasteiger partial charge is 0.407 e. The number of alkyl carbamates (subject to hydrolysis) is 1. The number of aliphatic carboxylic acids is 1. The maximum absolute atomic E-state index is 12.8. The van der Waals surface area contributed by atoms with Crippen molar-refractivity contribution < 1.29 is 60.0 Å². The Morgan fingerprint density at radius 3 is 1.79 bits per heavy atom. The fraction of sp³-hybridized carbons (Fsp3) is 0.340. The molecule has 2 aromatic rings. The number of carbonyl (C=O) groups is 5. The number of carboxylic acid groups (broad SMARTS) is 1. The van der Waals surface area contributed by atoms with Gasteiger partial charge in [-0.05, 0) is 140 Å². The van der Waals surface area contributed by atoms with Gasteiger partial charge >= 0.3 is 18.0 Å². The number of amides is 2. The summed E-state index contributed by atoms with van der Waals surface area (Å²) in [6, 6.07) is 13.5. The number of unbranched alkanes of at least 4 members (excludes halogenated alkanes) is 2. The second kappa shape index (κ2) is 23.5. The molecule has 2 aromatic carbocycles. The van der Waals surface area contributed by atoms with Gasteiger partial charge in [0.05, 0.1) is 0 Å². The SMILES string of the molecule is CC#CC#CC#CC#CC#CC#CC#CC(=O)N[C@@H](CCC(=O)CCCCC[C@@H](NC(=O)OCC1c2ccccc2-c2ccccc21)C(=O)O)C(=O)OC(C)(C)C.[HH].[HH].[HH].[HH].[HH].[HH].[HH].[HH].[HH].[HH].[HH].[HH].[HH].[HH].[HH]. The molecule has 0 heterocycles. The molecule has 10 nitrogen and oxygen atoms in total. The largest absolute Gasteiger partial charge is 0.480 e. The van der Waals surface area contributed by atoms with Crippen LogP contribution in [0.2, 0.25) is 0 Å². The number of nitrogens with one attached hydrogen (secondary N) is 2. The second-order valence-electron chi connectivity index (χ2n) is 13.5. The molecule has 1 aliphatic rings. The molecule has 0 radical (unpaired) electrons. The molecule has 0 saturated carbocycles. The first-order valence-corrected chi connectivity index (χ1v) is 18.2. The highest BCUT2D eigenvalue weighted by Crippen LogP contribution is 2.44. The van der Waals surface area contributed by atoms with Gasteiger partial charge in [-0.1, -0.05) is 67.3 Å². The molecule has 2 atom stereocenters. The Morgan fingerprint density at radius 1 is 0.702 bits per heavy atom. The summed E-state index contributed by atoms with van der Waals surface area (Å²) in [6.07, 6.45) is 0.918. The van der Waals surface area contributed by atoms with Crippen molar-refractivity contribution in [2.75, 3.05) is 6.61 Å². The first-order chi connectivity index (χ1) is 27.4. The van der Waals surface area contributed by atoms with E-state index in [2.05, 4.69) is 93.5 Å². The Balaban J connectivity index is -0.000000211. The van der Waals surface area contributed by atoms with Crippen LogP contribution in [0.3, 0.4) is 0 Å². The van der Waals surface area contributed by atoms with E-state index in [1.807, 2.05) is 48.5 Å². The number of carboxylic acids is 1. The summed E-state index contributed by atoms with van der Waals surface area (Å²) in [5, 5.41) is 14.7. The average Bonchev–Trinajstić information content (AvgIpc) is 3.49. The van der Waals surface area contributed by atoms with Gasteiger partial charge < -0.3 is 25.2 Å². The molecule has 0 fully saturated rings.